The van der Waals surface area contributed by atoms with Crippen molar-refractivity contribution in [2.45, 2.75) is 11.3 Å². The van der Waals surface area contributed by atoms with Crippen molar-refractivity contribution in [2.75, 3.05) is 0 Å². The largest absolute Gasteiger partial charge is 0.478 e. The molecule has 0 amide bonds. The number of carboxylic acid groups (broad SMARTS) is 1. The fourth-order valence-electron chi connectivity index (χ4n) is 3.47. The Balaban J connectivity index is 2.02. The Bertz CT molecular complexity index is 1480. The Morgan fingerprint density at radius 1 is 0.969 bits per heavy atom. The maximum atomic E-state index is 13.6. The summed E-state index contributed by atoms with van der Waals surface area (Å²) in [6.45, 7) is 0. The highest BCUT2D eigenvalue weighted by Crippen LogP contribution is 2.36. The third-order valence-electron chi connectivity index (χ3n) is 4.92. The molecule has 0 bridgehead atoms. The van der Waals surface area contributed by atoms with Crippen molar-refractivity contribution >= 4 is 77.6 Å². The molecule has 0 atom stereocenters. The molecule has 0 spiro atoms. The molecule has 4 aromatic rings. The number of halogens is 4. The highest BCUT2D eigenvalue weighted by molar-refractivity contribution is 9.10. The summed E-state index contributed by atoms with van der Waals surface area (Å²) in [4.78, 5) is 11.6. The summed E-state index contributed by atoms with van der Waals surface area (Å²) in [5, 5.41) is 10.5. The number of carbonyl (C=O) groups is 1. The number of carboxylic acids is 1. The molecule has 164 valence electrons. The Kier molecular flexibility index (Phi) is 6.31. The quantitative estimate of drug-likeness (QED) is 0.282. The van der Waals surface area contributed by atoms with Crippen LogP contribution in [0.3, 0.4) is 0 Å². The second-order valence-electron chi connectivity index (χ2n) is 6.91. The zero-order chi connectivity index (χ0) is 23.2. The van der Waals surface area contributed by atoms with Crippen LogP contribution in [0.25, 0.3) is 10.9 Å². The molecule has 10 heteroatoms. The second-order valence-corrected chi connectivity index (χ2v) is 10.8. The van der Waals surface area contributed by atoms with Crippen LogP contribution in [-0.2, 0) is 16.4 Å². The Morgan fingerprint density at radius 2 is 1.66 bits per heavy atom. The first-order chi connectivity index (χ1) is 15.1. The zero-order valence-corrected chi connectivity index (χ0v) is 20.7. The molecule has 0 radical (unpaired) electrons. The van der Waals surface area contributed by atoms with E-state index >= 15 is 0 Å². The first-order valence-corrected chi connectivity index (χ1v) is 12.5. The number of benzene rings is 3. The fraction of sp³-hybridized carbons (Fsp3) is 0.0455. The lowest BCUT2D eigenvalue weighted by molar-refractivity contribution is 0.0697. The van der Waals surface area contributed by atoms with Gasteiger partial charge in [-0.15, -0.1) is 0 Å². The normalized spacial score (nSPS) is 11.8. The molecule has 0 saturated heterocycles. The topological polar surface area (TPSA) is 76.4 Å². The molecule has 0 saturated carbocycles. The van der Waals surface area contributed by atoms with E-state index in [4.69, 9.17) is 34.8 Å². The molecule has 0 fully saturated rings. The van der Waals surface area contributed by atoms with Gasteiger partial charge in [-0.2, -0.15) is 0 Å². The molecule has 5 nitrogen and oxygen atoms in total. The number of nitrogens with zero attached hydrogens (tertiary/aromatic N) is 1. The summed E-state index contributed by atoms with van der Waals surface area (Å²) in [6, 6.07) is 15.7. The summed E-state index contributed by atoms with van der Waals surface area (Å²) in [7, 11) is -4.02. The molecule has 4 rings (SSSR count). The van der Waals surface area contributed by atoms with Gasteiger partial charge in [-0.05, 0) is 48.0 Å². The van der Waals surface area contributed by atoms with Crippen molar-refractivity contribution in [3.8, 4) is 0 Å². The molecule has 1 heterocycles. The molecular formula is C22H13BrCl3NO4S. The third kappa shape index (κ3) is 4.04. The summed E-state index contributed by atoms with van der Waals surface area (Å²) >= 11 is 22.4. The monoisotopic (exact) mass is 571 g/mol. The standard InChI is InChI=1S/C22H13BrCl3NO4S/c23-12-8-19(25)16-10-13(11-17-18(24)7-6-15(21(17)26)22(28)29)27(20(16)9-12)32(30,31)14-4-2-1-3-5-14/h1-10H,11H2,(H,28,29). The number of hydrogen-bond donors (Lipinski definition) is 1. The second kappa shape index (κ2) is 8.72. The van der Waals surface area contributed by atoms with E-state index in [1.54, 1.807) is 36.4 Å². The van der Waals surface area contributed by atoms with Gasteiger partial charge in [0.15, 0.2) is 0 Å². The van der Waals surface area contributed by atoms with Gasteiger partial charge < -0.3 is 5.11 Å². The zero-order valence-electron chi connectivity index (χ0n) is 16.0. The van der Waals surface area contributed by atoms with Crippen LogP contribution in [0.5, 0.6) is 0 Å². The number of aromatic carboxylic acids is 1. The number of rotatable bonds is 5. The molecule has 1 N–H and O–H groups in total. The van der Waals surface area contributed by atoms with Gasteiger partial charge in [-0.1, -0.05) is 68.9 Å². The summed E-state index contributed by atoms with van der Waals surface area (Å²) in [6.07, 6.45) is -0.0342. The predicted octanol–water partition coefficient (Wildman–Crippen LogP) is 6.89. The molecule has 32 heavy (non-hydrogen) atoms. The number of hydrogen-bond acceptors (Lipinski definition) is 3. The van der Waals surface area contributed by atoms with Crippen LogP contribution in [0.4, 0.5) is 0 Å². The van der Waals surface area contributed by atoms with Crippen LogP contribution in [0.2, 0.25) is 15.1 Å². The van der Waals surface area contributed by atoms with Crippen LogP contribution < -0.4 is 0 Å². The van der Waals surface area contributed by atoms with E-state index in [0.29, 0.717) is 31.7 Å². The van der Waals surface area contributed by atoms with E-state index < -0.39 is 16.0 Å². The van der Waals surface area contributed by atoms with Crippen molar-refractivity contribution in [1.29, 1.82) is 0 Å². The lowest BCUT2D eigenvalue weighted by atomic mass is 10.1. The van der Waals surface area contributed by atoms with Crippen molar-refractivity contribution in [2.24, 2.45) is 0 Å². The lowest BCUT2D eigenvalue weighted by Crippen LogP contribution is -2.16. The van der Waals surface area contributed by atoms with Gasteiger partial charge in [0, 0.05) is 27.0 Å². The van der Waals surface area contributed by atoms with Gasteiger partial charge in [0.2, 0.25) is 0 Å². The highest BCUT2D eigenvalue weighted by Gasteiger charge is 2.26. The third-order valence-corrected chi connectivity index (χ3v) is 8.26. The Morgan fingerprint density at radius 3 is 2.31 bits per heavy atom. The Hall–Kier alpha value is -2.03. The van der Waals surface area contributed by atoms with Gasteiger partial charge in [-0.3, -0.25) is 0 Å². The minimum atomic E-state index is -4.02. The van der Waals surface area contributed by atoms with Crippen LogP contribution in [0.15, 0.2) is 70.0 Å². The highest BCUT2D eigenvalue weighted by atomic mass is 79.9. The predicted molar refractivity (Wildman–Crippen MR) is 130 cm³/mol. The minimum absolute atomic E-state index is 0.0342. The number of aromatic nitrogens is 1. The summed E-state index contributed by atoms with van der Waals surface area (Å²) < 4.78 is 29.1. The van der Waals surface area contributed by atoms with Crippen LogP contribution in [0, 0.1) is 0 Å². The molecular weight excluding hydrogens is 561 g/mol. The first kappa shape index (κ1) is 23.1. The maximum absolute atomic E-state index is 13.6. The molecule has 0 unspecified atom stereocenters. The first-order valence-electron chi connectivity index (χ1n) is 9.11. The Labute approximate surface area is 207 Å². The van der Waals surface area contributed by atoms with E-state index in [1.165, 1.54) is 28.2 Å². The van der Waals surface area contributed by atoms with Crippen molar-refractivity contribution in [3.63, 3.8) is 0 Å². The van der Waals surface area contributed by atoms with Gasteiger partial charge in [0.25, 0.3) is 10.0 Å². The molecule has 0 aliphatic carbocycles. The summed E-state index contributed by atoms with van der Waals surface area (Å²) in [5.74, 6) is -1.21. The smallest absolute Gasteiger partial charge is 0.337 e. The van der Waals surface area contributed by atoms with E-state index in [0.717, 1.165) is 0 Å². The van der Waals surface area contributed by atoms with E-state index in [9.17, 15) is 18.3 Å². The number of fused-ring (bicyclic) bond motifs is 1. The SMILES string of the molecule is O=C(O)c1ccc(Cl)c(Cc2cc3c(Cl)cc(Br)cc3n2S(=O)(=O)c2ccccc2)c1Cl. The van der Waals surface area contributed by atoms with Crippen LogP contribution in [0.1, 0.15) is 21.6 Å². The van der Waals surface area contributed by atoms with E-state index in [1.807, 2.05) is 0 Å². The molecule has 1 aromatic heterocycles. The van der Waals surface area contributed by atoms with E-state index in [-0.39, 0.29) is 26.9 Å². The van der Waals surface area contributed by atoms with Gasteiger partial charge in [0.05, 0.1) is 26.0 Å². The van der Waals surface area contributed by atoms with Crippen LogP contribution in [-0.4, -0.2) is 23.5 Å². The van der Waals surface area contributed by atoms with Gasteiger partial charge >= 0.3 is 5.97 Å². The van der Waals surface area contributed by atoms with E-state index in [2.05, 4.69) is 15.9 Å². The molecule has 3 aromatic carbocycles. The van der Waals surface area contributed by atoms with Gasteiger partial charge in [0.1, 0.15) is 0 Å². The van der Waals surface area contributed by atoms with Crippen LogP contribution >= 0.6 is 50.7 Å². The average molecular weight is 574 g/mol. The molecule has 0 aliphatic heterocycles. The van der Waals surface area contributed by atoms with Crippen molar-refractivity contribution in [1.82, 2.24) is 3.97 Å². The molecule has 0 aliphatic rings. The minimum Gasteiger partial charge on any atom is -0.478 e. The summed E-state index contributed by atoms with van der Waals surface area (Å²) in [5.41, 5.74) is 0.871. The van der Waals surface area contributed by atoms with Gasteiger partial charge in [-0.25, -0.2) is 17.2 Å². The van der Waals surface area contributed by atoms with Crippen molar-refractivity contribution < 1.29 is 18.3 Å². The fourth-order valence-corrected chi connectivity index (χ4v) is 6.45. The average Bonchev–Trinajstić information content (AvgIpc) is 3.10. The maximum Gasteiger partial charge on any atom is 0.337 e. The van der Waals surface area contributed by atoms with Crippen molar-refractivity contribution in [3.05, 3.63) is 97.0 Å². The lowest BCUT2D eigenvalue weighted by Gasteiger charge is -2.14.